The zero-order valence-corrected chi connectivity index (χ0v) is 11.7. The molecular formula is C16H26N2. The molecule has 1 aliphatic rings. The maximum Gasteiger partial charge on any atom is 0.0473 e. The Kier molecular flexibility index (Phi) is 4.79. The summed E-state index contributed by atoms with van der Waals surface area (Å²) < 4.78 is 0. The van der Waals surface area contributed by atoms with E-state index in [1.807, 2.05) is 0 Å². The molecule has 2 nitrogen and oxygen atoms in total. The summed E-state index contributed by atoms with van der Waals surface area (Å²) in [5, 5.41) is 0. The highest BCUT2D eigenvalue weighted by Gasteiger charge is 2.33. The Morgan fingerprint density at radius 1 is 1.22 bits per heavy atom. The third kappa shape index (κ3) is 3.56. The first-order chi connectivity index (χ1) is 8.72. The lowest BCUT2D eigenvalue weighted by molar-refractivity contribution is 0.181. The monoisotopic (exact) mass is 246 g/mol. The van der Waals surface area contributed by atoms with Crippen molar-refractivity contribution in [1.29, 1.82) is 0 Å². The molecule has 0 spiro atoms. The van der Waals surface area contributed by atoms with E-state index in [0.717, 1.165) is 18.5 Å². The highest BCUT2D eigenvalue weighted by atomic mass is 15.2. The summed E-state index contributed by atoms with van der Waals surface area (Å²) in [6.07, 6.45) is 3.96. The second kappa shape index (κ2) is 6.35. The predicted molar refractivity (Wildman–Crippen MR) is 77.4 cm³/mol. The molecule has 1 unspecified atom stereocenters. The van der Waals surface area contributed by atoms with Gasteiger partial charge in [0.15, 0.2) is 0 Å². The molecule has 0 amide bonds. The summed E-state index contributed by atoms with van der Waals surface area (Å²) in [5.74, 6) is 0.764. The van der Waals surface area contributed by atoms with Gasteiger partial charge in [-0.05, 0) is 37.3 Å². The van der Waals surface area contributed by atoms with Crippen LogP contribution in [0.5, 0.6) is 0 Å². The van der Waals surface area contributed by atoms with Gasteiger partial charge in [-0.1, -0.05) is 44.2 Å². The molecule has 1 aromatic carbocycles. The van der Waals surface area contributed by atoms with Crippen molar-refractivity contribution in [3.63, 3.8) is 0 Å². The van der Waals surface area contributed by atoms with Crippen molar-refractivity contribution in [2.75, 3.05) is 13.1 Å². The minimum absolute atomic E-state index is 0.400. The lowest BCUT2D eigenvalue weighted by Gasteiger charge is -2.32. The van der Waals surface area contributed by atoms with Crippen molar-refractivity contribution >= 4 is 0 Å². The molecule has 18 heavy (non-hydrogen) atoms. The standard InChI is InChI=1S/C16H26N2/c1-13(2)10-11-18(15-8-9-15)16(12-17)14-6-4-3-5-7-14/h3-7,13,15-16H,8-12,17H2,1-2H3. The van der Waals surface area contributed by atoms with Crippen LogP contribution in [0.1, 0.15) is 44.7 Å². The molecule has 0 aliphatic heterocycles. The molecule has 0 heterocycles. The summed E-state index contributed by atoms with van der Waals surface area (Å²) in [6, 6.07) is 11.9. The Hall–Kier alpha value is -0.860. The molecule has 1 saturated carbocycles. The molecule has 0 aromatic heterocycles. The molecule has 0 saturated heterocycles. The first-order valence-corrected chi connectivity index (χ1v) is 7.23. The number of hydrogen-bond acceptors (Lipinski definition) is 2. The quantitative estimate of drug-likeness (QED) is 0.800. The minimum Gasteiger partial charge on any atom is -0.329 e. The molecule has 100 valence electrons. The van der Waals surface area contributed by atoms with Crippen LogP contribution in [0.25, 0.3) is 0 Å². The van der Waals surface area contributed by atoms with E-state index in [1.54, 1.807) is 0 Å². The summed E-state index contributed by atoms with van der Waals surface area (Å²) in [7, 11) is 0. The maximum atomic E-state index is 6.04. The Balaban J connectivity index is 2.07. The van der Waals surface area contributed by atoms with Gasteiger partial charge in [0, 0.05) is 18.6 Å². The van der Waals surface area contributed by atoms with Crippen molar-refractivity contribution in [2.45, 2.75) is 45.2 Å². The third-order valence-electron chi connectivity index (χ3n) is 3.79. The highest BCUT2D eigenvalue weighted by molar-refractivity contribution is 5.20. The lowest BCUT2D eigenvalue weighted by Crippen LogP contribution is -2.36. The van der Waals surface area contributed by atoms with E-state index >= 15 is 0 Å². The summed E-state index contributed by atoms with van der Waals surface area (Å²) in [4.78, 5) is 2.63. The summed E-state index contributed by atoms with van der Waals surface area (Å²) in [5.41, 5.74) is 7.41. The van der Waals surface area contributed by atoms with Crippen molar-refractivity contribution in [1.82, 2.24) is 4.90 Å². The minimum atomic E-state index is 0.400. The normalized spacial score (nSPS) is 17.4. The van der Waals surface area contributed by atoms with Crippen molar-refractivity contribution in [3.05, 3.63) is 35.9 Å². The molecule has 2 N–H and O–H groups in total. The molecule has 1 fully saturated rings. The van der Waals surface area contributed by atoms with Gasteiger partial charge in [-0.25, -0.2) is 0 Å². The van der Waals surface area contributed by atoms with Crippen LogP contribution < -0.4 is 5.73 Å². The molecular weight excluding hydrogens is 220 g/mol. The van der Waals surface area contributed by atoms with Crippen LogP contribution in [0, 0.1) is 5.92 Å². The zero-order chi connectivity index (χ0) is 13.0. The molecule has 0 radical (unpaired) electrons. The maximum absolute atomic E-state index is 6.04. The van der Waals surface area contributed by atoms with Gasteiger partial charge < -0.3 is 5.73 Å². The Morgan fingerprint density at radius 3 is 2.39 bits per heavy atom. The number of hydrogen-bond donors (Lipinski definition) is 1. The van der Waals surface area contributed by atoms with Crippen molar-refractivity contribution in [2.24, 2.45) is 11.7 Å². The fourth-order valence-electron chi connectivity index (χ4n) is 2.54. The topological polar surface area (TPSA) is 29.3 Å². The van der Waals surface area contributed by atoms with Crippen LogP contribution in [0.3, 0.4) is 0 Å². The Bertz CT molecular complexity index is 343. The first-order valence-electron chi connectivity index (χ1n) is 7.23. The van der Waals surface area contributed by atoms with E-state index in [4.69, 9.17) is 5.73 Å². The van der Waals surface area contributed by atoms with Gasteiger partial charge in [0.1, 0.15) is 0 Å². The van der Waals surface area contributed by atoms with Crippen LogP contribution in [0.15, 0.2) is 30.3 Å². The van der Waals surface area contributed by atoms with Crippen molar-refractivity contribution in [3.8, 4) is 0 Å². The first kappa shape index (κ1) is 13.6. The van der Waals surface area contributed by atoms with E-state index in [2.05, 4.69) is 49.1 Å². The molecule has 1 aromatic rings. The molecule has 0 bridgehead atoms. The second-order valence-electron chi connectivity index (χ2n) is 5.81. The average Bonchev–Trinajstić information content (AvgIpc) is 3.19. The third-order valence-corrected chi connectivity index (χ3v) is 3.79. The molecule has 2 rings (SSSR count). The van der Waals surface area contributed by atoms with E-state index in [9.17, 15) is 0 Å². The van der Waals surface area contributed by atoms with Gasteiger partial charge in [0.2, 0.25) is 0 Å². The number of nitrogens with zero attached hydrogens (tertiary/aromatic N) is 1. The van der Waals surface area contributed by atoms with E-state index in [0.29, 0.717) is 6.04 Å². The fraction of sp³-hybridized carbons (Fsp3) is 0.625. The fourth-order valence-corrected chi connectivity index (χ4v) is 2.54. The van der Waals surface area contributed by atoms with Crippen LogP contribution in [-0.4, -0.2) is 24.0 Å². The van der Waals surface area contributed by atoms with Crippen LogP contribution in [-0.2, 0) is 0 Å². The van der Waals surface area contributed by atoms with Gasteiger partial charge in [-0.3, -0.25) is 4.90 Å². The van der Waals surface area contributed by atoms with Gasteiger partial charge in [0.05, 0.1) is 0 Å². The Labute approximate surface area is 111 Å². The zero-order valence-electron chi connectivity index (χ0n) is 11.7. The Morgan fingerprint density at radius 2 is 1.89 bits per heavy atom. The average molecular weight is 246 g/mol. The van der Waals surface area contributed by atoms with E-state index < -0.39 is 0 Å². The molecule has 2 heteroatoms. The predicted octanol–water partition coefficient (Wildman–Crippen LogP) is 3.20. The van der Waals surface area contributed by atoms with Crippen LogP contribution >= 0.6 is 0 Å². The van der Waals surface area contributed by atoms with Gasteiger partial charge in [-0.2, -0.15) is 0 Å². The van der Waals surface area contributed by atoms with Crippen molar-refractivity contribution < 1.29 is 0 Å². The summed E-state index contributed by atoms with van der Waals surface area (Å²) in [6.45, 7) is 6.49. The smallest absolute Gasteiger partial charge is 0.0473 e. The molecule has 1 atom stereocenters. The number of rotatable bonds is 7. The number of nitrogens with two attached hydrogens (primary N) is 1. The van der Waals surface area contributed by atoms with Crippen LogP contribution in [0.2, 0.25) is 0 Å². The van der Waals surface area contributed by atoms with Gasteiger partial charge in [0.25, 0.3) is 0 Å². The largest absolute Gasteiger partial charge is 0.329 e. The highest BCUT2D eigenvalue weighted by Crippen LogP contribution is 2.34. The summed E-state index contributed by atoms with van der Waals surface area (Å²) >= 11 is 0. The van der Waals surface area contributed by atoms with Gasteiger partial charge in [-0.15, -0.1) is 0 Å². The SMILES string of the molecule is CC(C)CCN(C1CC1)C(CN)c1ccccc1. The van der Waals surface area contributed by atoms with E-state index in [-0.39, 0.29) is 0 Å². The number of benzene rings is 1. The lowest BCUT2D eigenvalue weighted by atomic mass is 10.0. The van der Waals surface area contributed by atoms with Crippen LogP contribution in [0.4, 0.5) is 0 Å². The second-order valence-corrected chi connectivity index (χ2v) is 5.81. The van der Waals surface area contributed by atoms with E-state index in [1.165, 1.54) is 31.4 Å². The molecule has 1 aliphatic carbocycles. The van der Waals surface area contributed by atoms with Gasteiger partial charge >= 0.3 is 0 Å².